The Morgan fingerprint density at radius 1 is 1.43 bits per heavy atom. The van der Waals surface area contributed by atoms with Gasteiger partial charge >= 0.3 is 5.69 Å². The van der Waals surface area contributed by atoms with E-state index in [0.29, 0.717) is 19.0 Å². The molecule has 0 bridgehead atoms. The number of hydrogen-bond donors (Lipinski definition) is 0. The van der Waals surface area contributed by atoms with Crippen LogP contribution in [0.2, 0.25) is 0 Å². The Morgan fingerprint density at radius 3 is 2.62 bits per heavy atom. The molecule has 2 unspecified atom stereocenters. The first kappa shape index (κ1) is 15.4. The van der Waals surface area contributed by atoms with E-state index in [9.17, 15) is 19.3 Å². The van der Waals surface area contributed by atoms with Gasteiger partial charge in [-0.3, -0.25) is 14.9 Å². The number of nitro groups is 1. The van der Waals surface area contributed by atoms with Crippen molar-refractivity contribution in [3.05, 3.63) is 39.7 Å². The molecule has 0 spiro atoms. The molecule has 1 aromatic carbocycles. The van der Waals surface area contributed by atoms with E-state index in [0.717, 1.165) is 12.1 Å². The van der Waals surface area contributed by atoms with Gasteiger partial charge < -0.3 is 9.80 Å². The monoisotopic (exact) mass is 295 g/mol. The fourth-order valence-corrected chi connectivity index (χ4v) is 2.76. The van der Waals surface area contributed by atoms with Gasteiger partial charge in [0, 0.05) is 30.8 Å². The second-order valence-electron chi connectivity index (χ2n) is 5.64. The quantitative estimate of drug-likeness (QED) is 0.629. The molecule has 0 N–H and O–H groups in total. The van der Waals surface area contributed by atoms with Crippen LogP contribution in [0.1, 0.15) is 17.3 Å². The van der Waals surface area contributed by atoms with Crippen LogP contribution in [0.5, 0.6) is 0 Å². The van der Waals surface area contributed by atoms with E-state index in [-0.39, 0.29) is 17.5 Å². The average Bonchev–Trinajstić information content (AvgIpc) is 2.80. The second-order valence-corrected chi connectivity index (χ2v) is 5.64. The molecule has 1 heterocycles. The lowest BCUT2D eigenvalue weighted by Crippen LogP contribution is -2.35. The predicted molar refractivity (Wildman–Crippen MR) is 75.6 cm³/mol. The molecule has 0 radical (unpaired) electrons. The lowest BCUT2D eigenvalue weighted by atomic mass is 10.1. The summed E-state index contributed by atoms with van der Waals surface area (Å²) >= 11 is 0. The molecule has 1 aromatic rings. The van der Waals surface area contributed by atoms with E-state index < -0.39 is 16.4 Å². The van der Waals surface area contributed by atoms with Crippen LogP contribution in [0.4, 0.5) is 10.1 Å². The highest BCUT2D eigenvalue weighted by atomic mass is 19.1. The number of likely N-dealkylation sites (N-methyl/N-ethyl adjacent to an activating group) is 1. The Kier molecular flexibility index (Phi) is 4.22. The van der Waals surface area contributed by atoms with Crippen LogP contribution in [-0.2, 0) is 0 Å². The SMILES string of the molecule is CC1CN(C(=O)c2ccc(F)c([N+](=O)[O-])c2)CC1N(C)C. The number of nitro benzene ring substituents is 1. The Bertz CT molecular complexity index is 577. The van der Waals surface area contributed by atoms with Gasteiger partial charge in [-0.2, -0.15) is 4.39 Å². The van der Waals surface area contributed by atoms with Gasteiger partial charge in [-0.15, -0.1) is 0 Å². The van der Waals surface area contributed by atoms with E-state index in [2.05, 4.69) is 11.8 Å². The van der Waals surface area contributed by atoms with Gasteiger partial charge in [0.15, 0.2) is 0 Å². The number of nitrogens with zero attached hydrogens (tertiary/aromatic N) is 3. The lowest BCUT2D eigenvalue weighted by Gasteiger charge is -2.22. The van der Waals surface area contributed by atoms with E-state index >= 15 is 0 Å². The number of amides is 1. The fourth-order valence-electron chi connectivity index (χ4n) is 2.76. The first-order valence-electron chi connectivity index (χ1n) is 6.71. The highest BCUT2D eigenvalue weighted by molar-refractivity contribution is 5.95. The zero-order valence-corrected chi connectivity index (χ0v) is 12.2. The third-order valence-electron chi connectivity index (χ3n) is 3.91. The molecule has 1 aliphatic heterocycles. The molecule has 0 aliphatic carbocycles. The van der Waals surface area contributed by atoms with E-state index in [4.69, 9.17) is 0 Å². The van der Waals surface area contributed by atoms with Crippen LogP contribution in [-0.4, -0.2) is 53.9 Å². The smallest absolute Gasteiger partial charge is 0.305 e. The molecule has 2 atom stereocenters. The van der Waals surface area contributed by atoms with Gasteiger partial charge in [-0.05, 0) is 32.1 Å². The van der Waals surface area contributed by atoms with E-state index in [1.54, 1.807) is 4.90 Å². The summed E-state index contributed by atoms with van der Waals surface area (Å²) in [5, 5.41) is 10.7. The molecule has 1 saturated heterocycles. The first-order valence-corrected chi connectivity index (χ1v) is 6.71. The predicted octanol–water partition coefficient (Wildman–Crippen LogP) is 1.76. The first-order chi connectivity index (χ1) is 9.81. The van der Waals surface area contributed by atoms with Crippen molar-refractivity contribution in [2.75, 3.05) is 27.2 Å². The topological polar surface area (TPSA) is 66.7 Å². The number of carbonyl (C=O) groups excluding carboxylic acids is 1. The highest BCUT2D eigenvalue weighted by Gasteiger charge is 2.34. The molecule has 2 rings (SSSR count). The maximum atomic E-state index is 13.3. The summed E-state index contributed by atoms with van der Waals surface area (Å²) in [4.78, 5) is 26.1. The van der Waals surface area contributed by atoms with Crippen molar-refractivity contribution in [1.29, 1.82) is 0 Å². The number of rotatable bonds is 3. The van der Waals surface area contributed by atoms with Gasteiger partial charge in [0.25, 0.3) is 5.91 Å². The zero-order valence-electron chi connectivity index (χ0n) is 12.2. The van der Waals surface area contributed by atoms with Gasteiger partial charge in [-0.1, -0.05) is 6.92 Å². The summed E-state index contributed by atoms with van der Waals surface area (Å²) in [7, 11) is 3.91. The number of benzene rings is 1. The summed E-state index contributed by atoms with van der Waals surface area (Å²) in [6.45, 7) is 3.22. The van der Waals surface area contributed by atoms with Crippen LogP contribution in [0.25, 0.3) is 0 Å². The highest BCUT2D eigenvalue weighted by Crippen LogP contribution is 2.24. The molecule has 0 aromatic heterocycles. The van der Waals surface area contributed by atoms with Crippen molar-refractivity contribution >= 4 is 11.6 Å². The summed E-state index contributed by atoms with van der Waals surface area (Å²) in [6, 6.07) is 3.52. The third kappa shape index (κ3) is 3.02. The molecule has 1 amide bonds. The Labute approximate surface area is 122 Å². The lowest BCUT2D eigenvalue weighted by molar-refractivity contribution is -0.387. The van der Waals surface area contributed by atoms with E-state index in [1.165, 1.54) is 6.07 Å². The molecule has 1 aliphatic rings. The van der Waals surface area contributed by atoms with Gasteiger partial charge in [-0.25, -0.2) is 0 Å². The minimum atomic E-state index is -0.933. The van der Waals surface area contributed by atoms with Crippen LogP contribution < -0.4 is 0 Å². The number of likely N-dealkylation sites (tertiary alicyclic amines) is 1. The van der Waals surface area contributed by atoms with Crippen molar-refractivity contribution in [3.8, 4) is 0 Å². The zero-order chi connectivity index (χ0) is 15.7. The van der Waals surface area contributed by atoms with E-state index in [1.807, 2.05) is 14.1 Å². The minimum absolute atomic E-state index is 0.148. The second kappa shape index (κ2) is 5.77. The molecular weight excluding hydrogens is 277 g/mol. The Balaban J connectivity index is 2.22. The summed E-state index contributed by atoms with van der Waals surface area (Å²) < 4.78 is 13.3. The summed E-state index contributed by atoms with van der Waals surface area (Å²) in [5.41, 5.74) is -0.521. The molecular formula is C14H18FN3O3. The van der Waals surface area contributed by atoms with Crippen LogP contribution in [0.3, 0.4) is 0 Å². The summed E-state index contributed by atoms with van der Waals surface area (Å²) in [6.07, 6.45) is 0. The molecule has 7 heteroatoms. The van der Waals surface area contributed by atoms with Crippen molar-refractivity contribution in [2.24, 2.45) is 5.92 Å². The van der Waals surface area contributed by atoms with Crippen LogP contribution >= 0.6 is 0 Å². The van der Waals surface area contributed by atoms with Crippen molar-refractivity contribution < 1.29 is 14.1 Å². The number of carbonyl (C=O) groups is 1. The fraction of sp³-hybridized carbons (Fsp3) is 0.500. The Hall–Kier alpha value is -2.02. The molecule has 114 valence electrons. The Morgan fingerprint density at radius 2 is 2.10 bits per heavy atom. The third-order valence-corrected chi connectivity index (χ3v) is 3.91. The van der Waals surface area contributed by atoms with Crippen molar-refractivity contribution in [1.82, 2.24) is 9.80 Å². The standard InChI is InChI=1S/C14H18FN3O3/c1-9-7-17(8-13(9)16(2)3)14(19)10-4-5-11(15)12(6-10)18(20)21/h4-6,9,13H,7-8H2,1-3H3. The van der Waals surface area contributed by atoms with Crippen molar-refractivity contribution in [2.45, 2.75) is 13.0 Å². The number of halogens is 1. The molecule has 21 heavy (non-hydrogen) atoms. The van der Waals surface area contributed by atoms with Gasteiger partial charge in [0.1, 0.15) is 0 Å². The molecule has 0 saturated carbocycles. The maximum Gasteiger partial charge on any atom is 0.305 e. The van der Waals surface area contributed by atoms with Gasteiger partial charge in [0.2, 0.25) is 5.82 Å². The normalized spacial score (nSPS) is 21.9. The number of hydrogen-bond acceptors (Lipinski definition) is 4. The minimum Gasteiger partial charge on any atom is -0.337 e. The van der Waals surface area contributed by atoms with Gasteiger partial charge in [0.05, 0.1) is 4.92 Å². The molecule has 6 nitrogen and oxygen atoms in total. The average molecular weight is 295 g/mol. The largest absolute Gasteiger partial charge is 0.337 e. The van der Waals surface area contributed by atoms with Crippen LogP contribution in [0, 0.1) is 21.8 Å². The maximum absolute atomic E-state index is 13.3. The summed E-state index contributed by atoms with van der Waals surface area (Å²) in [5.74, 6) is -0.911. The molecule has 1 fully saturated rings. The van der Waals surface area contributed by atoms with Crippen molar-refractivity contribution in [3.63, 3.8) is 0 Å². The van der Waals surface area contributed by atoms with Crippen LogP contribution in [0.15, 0.2) is 18.2 Å².